The number of fused-ring (bicyclic) bond motifs is 1. The molecule has 2 aromatic rings. The molecule has 2 rings (SSSR count). The van der Waals surface area contributed by atoms with Gasteiger partial charge in [0.05, 0.1) is 13.0 Å². The maximum absolute atomic E-state index is 12.3. The monoisotopic (exact) mass is 329 g/mol. The summed E-state index contributed by atoms with van der Waals surface area (Å²) in [7, 11) is 4.89. The number of esters is 1. The van der Waals surface area contributed by atoms with Crippen molar-refractivity contribution in [2.24, 2.45) is 0 Å². The van der Waals surface area contributed by atoms with Gasteiger partial charge in [-0.15, -0.1) is 0 Å². The molecule has 128 valence electrons. The molecule has 0 aliphatic carbocycles. The molecule has 0 heterocycles. The zero-order chi connectivity index (χ0) is 17.9. The zero-order valence-corrected chi connectivity index (χ0v) is 14.7. The van der Waals surface area contributed by atoms with Gasteiger partial charge in [0, 0.05) is 14.1 Å². The van der Waals surface area contributed by atoms with Crippen LogP contribution in [0.5, 0.6) is 5.75 Å². The van der Waals surface area contributed by atoms with Crippen molar-refractivity contribution >= 4 is 22.6 Å². The van der Waals surface area contributed by atoms with Gasteiger partial charge in [0.25, 0.3) is 5.91 Å². The molecule has 0 spiro atoms. The summed E-state index contributed by atoms with van der Waals surface area (Å²) in [5.41, 5.74) is 0.849. The van der Waals surface area contributed by atoms with Crippen molar-refractivity contribution in [1.29, 1.82) is 0 Å². The third-order valence-corrected chi connectivity index (χ3v) is 4.01. The van der Waals surface area contributed by atoms with E-state index in [2.05, 4.69) is 0 Å². The van der Waals surface area contributed by atoms with Crippen LogP contribution in [0.2, 0.25) is 0 Å². The molecule has 0 bridgehead atoms. The van der Waals surface area contributed by atoms with E-state index in [-0.39, 0.29) is 5.91 Å². The molecular formula is C19H23NO4. The van der Waals surface area contributed by atoms with Crippen molar-refractivity contribution in [2.75, 3.05) is 21.2 Å². The highest BCUT2D eigenvalue weighted by Gasteiger charge is 2.24. The molecule has 24 heavy (non-hydrogen) atoms. The van der Waals surface area contributed by atoms with Crippen molar-refractivity contribution in [3.63, 3.8) is 0 Å². The quantitative estimate of drug-likeness (QED) is 0.791. The van der Waals surface area contributed by atoms with Gasteiger partial charge < -0.3 is 14.4 Å². The van der Waals surface area contributed by atoms with Gasteiger partial charge in [0.1, 0.15) is 5.75 Å². The Morgan fingerprint density at radius 3 is 2.25 bits per heavy atom. The Balaban J connectivity index is 2.16. The highest BCUT2D eigenvalue weighted by molar-refractivity contribution is 5.88. The van der Waals surface area contributed by atoms with Crippen LogP contribution in [0.15, 0.2) is 36.4 Å². The van der Waals surface area contributed by atoms with Gasteiger partial charge in [-0.3, -0.25) is 9.59 Å². The Labute approximate surface area is 142 Å². The summed E-state index contributed by atoms with van der Waals surface area (Å²) in [5.74, 6) is -0.306. The van der Waals surface area contributed by atoms with Gasteiger partial charge in [-0.1, -0.05) is 24.3 Å². The summed E-state index contributed by atoms with van der Waals surface area (Å²) in [6, 6.07) is 11.6. The molecular weight excluding hydrogens is 306 g/mol. The lowest BCUT2D eigenvalue weighted by Gasteiger charge is -2.19. The second kappa shape index (κ2) is 7.34. The van der Waals surface area contributed by atoms with Crippen molar-refractivity contribution < 1.29 is 19.1 Å². The lowest BCUT2D eigenvalue weighted by molar-refractivity contribution is -0.158. The summed E-state index contributed by atoms with van der Waals surface area (Å²) in [6.07, 6.45) is -0.792. The molecule has 1 amide bonds. The van der Waals surface area contributed by atoms with Crippen LogP contribution < -0.4 is 4.74 Å². The lowest BCUT2D eigenvalue weighted by atomic mass is 9.98. The summed E-state index contributed by atoms with van der Waals surface area (Å²) in [5, 5.41) is 2.06. The predicted octanol–water partition coefficient (Wildman–Crippen LogP) is 2.97. The molecule has 5 heteroatoms. The van der Waals surface area contributed by atoms with Crippen LogP contribution in [0.1, 0.15) is 25.3 Å². The number of benzene rings is 2. The number of hydrogen-bond acceptors (Lipinski definition) is 4. The van der Waals surface area contributed by atoms with Gasteiger partial charge >= 0.3 is 5.97 Å². The third-order valence-electron chi connectivity index (χ3n) is 4.01. The van der Waals surface area contributed by atoms with E-state index in [9.17, 15) is 9.59 Å². The van der Waals surface area contributed by atoms with E-state index in [0.717, 1.165) is 22.1 Å². The Hall–Kier alpha value is -2.56. The van der Waals surface area contributed by atoms with Gasteiger partial charge in [0.15, 0.2) is 6.10 Å². The van der Waals surface area contributed by atoms with Crippen molar-refractivity contribution in [1.82, 2.24) is 4.90 Å². The molecule has 0 radical (unpaired) electrons. The van der Waals surface area contributed by atoms with Gasteiger partial charge in [-0.25, -0.2) is 0 Å². The van der Waals surface area contributed by atoms with Crippen LogP contribution >= 0.6 is 0 Å². The maximum Gasteiger partial charge on any atom is 0.313 e. The van der Waals surface area contributed by atoms with E-state index >= 15 is 0 Å². The molecule has 2 atom stereocenters. The lowest BCUT2D eigenvalue weighted by Crippen LogP contribution is -2.35. The van der Waals surface area contributed by atoms with Crippen LogP contribution in [-0.2, 0) is 14.3 Å². The van der Waals surface area contributed by atoms with Crippen LogP contribution in [-0.4, -0.2) is 44.1 Å². The molecule has 5 nitrogen and oxygen atoms in total. The molecule has 0 saturated carbocycles. The molecule has 0 unspecified atom stereocenters. The van der Waals surface area contributed by atoms with E-state index in [1.165, 1.54) is 4.90 Å². The fourth-order valence-electron chi connectivity index (χ4n) is 2.47. The van der Waals surface area contributed by atoms with Gasteiger partial charge in [-0.2, -0.15) is 0 Å². The average Bonchev–Trinajstić information content (AvgIpc) is 2.58. The van der Waals surface area contributed by atoms with E-state index in [4.69, 9.17) is 9.47 Å². The fraction of sp³-hybridized carbons (Fsp3) is 0.368. The molecule has 0 fully saturated rings. The first kappa shape index (κ1) is 17.8. The molecule has 2 aromatic carbocycles. The van der Waals surface area contributed by atoms with E-state index in [1.807, 2.05) is 36.4 Å². The van der Waals surface area contributed by atoms with Crippen molar-refractivity contribution in [3.05, 3.63) is 42.0 Å². The van der Waals surface area contributed by atoms with Gasteiger partial charge in [0.2, 0.25) is 0 Å². The number of carbonyl (C=O) groups is 2. The minimum Gasteiger partial charge on any atom is -0.497 e. The topological polar surface area (TPSA) is 55.8 Å². The van der Waals surface area contributed by atoms with E-state index in [1.54, 1.807) is 35.1 Å². The molecule has 0 aromatic heterocycles. The summed E-state index contributed by atoms with van der Waals surface area (Å²) in [6.45, 7) is 3.36. The number of likely N-dealkylation sites (N-methyl/N-ethyl adjacent to an activating group) is 1. The maximum atomic E-state index is 12.3. The number of nitrogens with zero attached hydrogens (tertiary/aromatic N) is 1. The first-order chi connectivity index (χ1) is 11.3. The van der Waals surface area contributed by atoms with E-state index in [0.29, 0.717) is 0 Å². The van der Waals surface area contributed by atoms with Crippen LogP contribution in [0, 0.1) is 0 Å². The fourth-order valence-corrected chi connectivity index (χ4v) is 2.47. The van der Waals surface area contributed by atoms with Crippen molar-refractivity contribution in [3.8, 4) is 5.75 Å². The predicted molar refractivity (Wildman–Crippen MR) is 93.2 cm³/mol. The number of carbonyl (C=O) groups excluding carboxylic acids is 2. The number of hydrogen-bond donors (Lipinski definition) is 0. The largest absolute Gasteiger partial charge is 0.497 e. The zero-order valence-electron chi connectivity index (χ0n) is 14.7. The Morgan fingerprint density at radius 1 is 1.00 bits per heavy atom. The highest BCUT2D eigenvalue weighted by Crippen LogP contribution is 2.26. The first-order valence-corrected chi connectivity index (χ1v) is 7.83. The number of rotatable bonds is 5. The van der Waals surface area contributed by atoms with Crippen molar-refractivity contribution in [2.45, 2.75) is 25.9 Å². The Morgan fingerprint density at radius 2 is 1.62 bits per heavy atom. The smallest absolute Gasteiger partial charge is 0.313 e. The average molecular weight is 329 g/mol. The standard InChI is InChI=1S/C19H23NO4/c1-12(19(22)24-13(2)18(21)20(3)4)14-6-7-16-11-17(23-5)9-8-15(16)10-14/h6-13H,1-5H3/t12-,13-/m0/s1. The highest BCUT2D eigenvalue weighted by atomic mass is 16.5. The number of methoxy groups -OCH3 is 1. The van der Waals surface area contributed by atoms with Crippen LogP contribution in [0.4, 0.5) is 0 Å². The molecule has 0 N–H and O–H groups in total. The second-order valence-corrected chi connectivity index (χ2v) is 6.01. The number of ether oxygens (including phenoxy) is 2. The first-order valence-electron chi connectivity index (χ1n) is 7.83. The second-order valence-electron chi connectivity index (χ2n) is 6.01. The van der Waals surface area contributed by atoms with Gasteiger partial charge in [-0.05, 0) is 42.3 Å². The molecule has 0 aliphatic heterocycles. The van der Waals surface area contributed by atoms with Crippen LogP contribution in [0.3, 0.4) is 0 Å². The van der Waals surface area contributed by atoms with E-state index < -0.39 is 18.0 Å². The minimum atomic E-state index is -0.792. The summed E-state index contributed by atoms with van der Waals surface area (Å²) in [4.78, 5) is 25.5. The molecule has 0 aliphatic rings. The third kappa shape index (κ3) is 3.85. The normalized spacial score (nSPS) is 13.2. The minimum absolute atomic E-state index is 0.235. The molecule has 0 saturated heterocycles. The summed E-state index contributed by atoms with van der Waals surface area (Å²) < 4.78 is 10.5. The Bertz CT molecular complexity index is 754. The summed E-state index contributed by atoms with van der Waals surface area (Å²) >= 11 is 0. The number of amides is 1. The van der Waals surface area contributed by atoms with Crippen LogP contribution in [0.25, 0.3) is 10.8 Å². The Kier molecular flexibility index (Phi) is 5.44. The SMILES string of the molecule is COc1ccc2cc([C@H](C)C(=O)O[C@@H](C)C(=O)N(C)C)ccc2c1.